The molecule has 0 saturated carbocycles. The van der Waals surface area contributed by atoms with Crippen molar-refractivity contribution in [3.63, 3.8) is 0 Å². The lowest BCUT2D eigenvalue weighted by molar-refractivity contribution is -0.146. The van der Waals surface area contributed by atoms with E-state index in [0.717, 1.165) is 22.0 Å². The molecule has 0 spiro atoms. The molecule has 126 valence electrons. The molecule has 0 fully saturated rings. The predicted octanol–water partition coefficient (Wildman–Crippen LogP) is 3.21. The number of carbonyl (C=O) groups excluding carboxylic acids is 1. The zero-order chi connectivity index (χ0) is 16.2. The highest BCUT2D eigenvalue weighted by Crippen LogP contribution is 2.21. The fourth-order valence-electron chi connectivity index (χ4n) is 2.74. The Bertz CT molecular complexity index is 815. The van der Waals surface area contributed by atoms with Gasteiger partial charge in [0.05, 0.1) is 0 Å². The van der Waals surface area contributed by atoms with Crippen LogP contribution in [-0.2, 0) is 29.6 Å². The molecule has 1 aromatic heterocycles. The number of para-hydroxylation sites is 1. The first-order valence-electron chi connectivity index (χ1n) is 7.64. The molecule has 0 radical (unpaired) electrons. The Kier molecular flexibility index (Phi) is 6.01. The molecule has 24 heavy (non-hydrogen) atoms. The van der Waals surface area contributed by atoms with Crippen LogP contribution in [0.3, 0.4) is 0 Å². The number of rotatable bonds is 5. The lowest BCUT2D eigenvalue weighted by atomic mass is 10.1. The zero-order valence-electron chi connectivity index (χ0n) is 13.5. The molecule has 4 nitrogen and oxygen atoms in total. The van der Waals surface area contributed by atoms with Crippen LogP contribution in [0.2, 0.25) is 0 Å². The van der Waals surface area contributed by atoms with E-state index in [4.69, 9.17) is 10.5 Å². The van der Waals surface area contributed by atoms with Crippen molar-refractivity contribution in [1.82, 2.24) is 4.57 Å². The van der Waals surface area contributed by atoms with Crippen molar-refractivity contribution in [2.24, 2.45) is 12.8 Å². The van der Waals surface area contributed by atoms with Crippen LogP contribution in [-0.4, -0.2) is 16.6 Å². The highest BCUT2D eigenvalue weighted by molar-refractivity contribution is 5.85. The van der Waals surface area contributed by atoms with Gasteiger partial charge in [-0.25, -0.2) is 0 Å². The van der Waals surface area contributed by atoms with Crippen LogP contribution in [0.25, 0.3) is 10.9 Å². The minimum absolute atomic E-state index is 0. The van der Waals surface area contributed by atoms with Crippen LogP contribution in [0.15, 0.2) is 60.8 Å². The first-order chi connectivity index (χ1) is 11.1. The van der Waals surface area contributed by atoms with Crippen LogP contribution in [0, 0.1) is 0 Å². The smallest absolute Gasteiger partial charge is 0.323 e. The van der Waals surface area contributed by atoms with E-state index in [0.29, 0.717) is 6.42 Å². The first kappa shape index (κ1) is 18.0. The highest BCUT2D eigenvalue weighted by atomic mass is 35.5. The van der Waals surface area contributed by atoms with Crippen LogP contribution >= 0.6 is 12.4 Å². The lowest BCUT2D eigenvalue weighted by Gasteiger charge is -2.11. The van der Waals surface area contributed by atoms with E-state index < -0.39 is 6.04 Å². The van der Waals surface area contributed by atoms with Gasteiger partial charge < -0.3 is 15.0 Å². The second kappa shape index (κ2) is 7.99. The molecule has 3 rings (SSSR count). The maximum Gasteiger partial charge on any atom is 0.323 e. The number of esters is 1. The topological polar surface area (TPSA) is 57.2 Å². The summed E-state index contributed by atoms with van der Waals surface area (Å²) in [6, 6.07) is 17.0. The third kappa shape index (κ3) is 3.96. The standard InChI is InChI=1S/C19H20N2O2.ClH/c1-21-12-15(16-9-5-6-10-18(16)21)11-17(20)19(22)23-13-14-7-3-2-4-8-14;/h2-10,12,17H,11,13,20H2,1H3;1H. The Hall–Kier alpha value is -2.30. The van der Waals surface area contributed by atoms with Gasteiger partial charge in [-0.1, -0.05) is 48.5 Å². The summed E-state index contributed by atoms with van der Waals surface area (Å²) in [6.45, 7) is 0.253. The van der Waals surface area contributed by atoms with E-state index in [-0.39, 0.29) is 25.0 Å². The molecule has 0 amide bonds. The summed E-state index contributed by atoms with van der Waals surface area (Å²) in [5.74, 6) is -0.373. The predicted molar refractivity (Wildman–Crippen MR) is 98.1 cm³/mol. The SMILES string of the molecule is Cl.Cn1cc(CC(N)C(=O)OCc2ccccc2)c2ccccc21. The van der Waals surface area contributed by atoms with Gasteiger partial charge in [0.1, 0.15) is 12.6 Å². The van der Waals surface area contributed by atoms with Gasteiger partial charge in [0.25, 0.3) is 0 Å². The van der Waals surface area contributed by atoms with Crippen molar-refractivity contribution in [2.45, 2.75) is 19.1 Å². The molecule has 0 aliphatic heterocycles. The van der Waals surface area contributed by atoms with Crippen LogP contribution in [0.1, 0.15) is 11.1 Å². The van der Waals surface area contributed by atoms with Crippen LogP contribution in [0.4, 0.5) is 0 Å². The Morgan fingerprint density at radius 3 is 2.54 bits per heavy atom. The van der Waals surface area contributed by atoms with Crippen molar-refractivity contribution >= 4 is 29.3 Å². The van der Waals surface area contributed by atoms with Crippen molar-refractivity contribution < 1.29 is 9.53 Å². The number of hydrogen-bond donors (Lipinski definition) is 1. The number of fused-ring (bicyclic) bond motifs is 1. The van der Waals surface area contributed by atoms with Gasteiger partial charge >= 0.3 is 5.97 Å². The molecule has 0 aliphatic rings. The summed E-state index contributed by atoms with van der Waals surface area (Å²) in [5.41, 5.74) is 9.18. The molecule has 5 heteroatoms. The summed E-state index contributed by atoms with van der Waals surface area (Å²) in [7, 11) is 1.99. The second-order valence-electron chi connectivity index (χ2n) is 5.69. The van der Waals surface area contributed by atoms with Gasteiger partial charge in [0, 0.05) is 30.6 Å². The third-order valence-corrected chi connectivity index (χ3v) is 3.95. The minimum Gasteiger partial charge on any atom is -0.460 e. The maximum atomic E-state index is 12.1. The van der Waals surface area contributed by atoms with E-state index in [1.54, 1.807) is 0 Å². The number of nitrogens with zero attached hydrogens (tertiary/aromatic N) is 1. The number of aryl methyl sites for hydroxylation is 1. The summed E-state index contributed by atoms with van der Waals surface area (Å²) >= 11 is 0. The van der Waals surface area contributed by atoms with Crippen molar-refractivity contribution in [1.29, 1.82) is 0 Å². The highest BCUT2D eigenvalue weighted by Gasteiger charge is 2.18. The van der Waals surface area contributed by atoms with E-state index in [9.17, 15) is 4.79 Å². The molecule has 0 saturated heterocycles. The largest absolute Gasteiger partial charge is 0.460 e. The number of carbonyl (C=O) groups is 1. The fourth-order valence-corrected chi connectivity index (χ4v) is 2.74. The molecule has 1 heterocycles. The summed E-state index contributed by atoms with van der Waals surface area (Å²) in [6.07, 6.45) is 2.49. The van der Waals surface area contributed by atoms with Gasteiger partial charge in [-0.2, -0.15) is 0 Å². The number of nitrogens with two attached hydrogens (primary N) is 1. The zero-order valence-corrected chi connectivity index (χ0v) is 14.3. The van der Waals surface area contributed by atoms with E-state index in [2.05, 4.69) is 6.07 Å². The molecule has 1 unspecified atom stereocenters. The van der Waals surface area contributed by atoms with Crippen LogP contribution < -0.4 is 5.73 Å². The Morgan fingerprint density at radius 2 is 1.79 bits per heavy atom. The summed E-state index contributed by atoms with van der Waals surface area (Å²) in [5, 5.41) is 1.13. The van der Waals surface area contributed by atoms with E-state index in [1.807, 2.05) is 66.3 Å². The van der Waals surface area contributed by atoms with Crippen molar-refractivity contribution in [3.8, 4) is 0 Å². The number of benzene rings is 2. The molecular formula is C19H21ClN2O2. The maximum absolute atomic E-state index is 12.1. The van der Waals surface area contributed by atoms with Gasteiger partial charge in [0.15, 0.2) is 0 Å². The van der Waals surface area contributed by atoms with Gasteiger partial charge in [-0.05, 0) is 17.2 Å². The minimum atomic E-state index is -0.662. The van der Waals surface area contributed by atoms with Gasteiger partial charge in [0.2, 0.25) is 0 Å². The number of ether oxygens (including phenoxy) is 1. The number of aromatic nitrogens is 1. The average molecular weight is 345 g/mol. The molecule has 2 aromatic carbocycles. The van der Waals surface area contributed by atoms with Crippen molar-refractivity contribution in [2.75, 3.05) is 0 Å². The molecule has 0 aliphatic carbocycles. The first-order valence-corrected chi connectivity index (χ1v) is 7.64. The van der Waals surface area contributed by atoms with Crippen molar-refractivity contribution in [3.05, 3.63) is 71.9 Å². The average Bonchev–Trinajstić information content (AvgIpc) is 2.90. The Labute approximate surface area is 147 Å². The van der Waals surface area contributed by atoms with E-state index in [1.165, 1.54) is 0 Å². The normalized spacial score (nSPS) is 11.8. The fraction of sp³-hybridized carbons (Fsp3) is 0.211. The van der Waals surface area contributed by atoms with Gasteiger partial charge in [-0.3, -0.25) is 4.79 Å². The van der Waals surface area contributed by atoms with Crippen LogP contribution in [0.5, 0.6) is 0 Å². The molecule has 1 atom stereocenters. The lowest BCUT2D eigenvalue weighted by Crippen LogP contribution is -2.34. The van der Waals surface area contributed by atoms with Gasteiger partial charge in [-0.15, -0.1) is 12.4 Å². The number of hydrogen-bond acceptors (Lipinski definition) is 3. The van der Waals surface area contributed by atoms with E-state index >= 15 is 0 Å². The molecule has 0 bridgehead atoms. The third-order valence-electron chi connectivity index (χ3n) is 3.95. The summed E-state index contributed by atoms with van der Waals surface area (Å²) < 4.78 is 7.36. The molecule has 2 N–H and O–H groups in total. The monoisotopic (exact) mass is 344 g/mol. The quantitative estimate of drug-likeness (QED) is 0.723. The summed E-state index contributed by atoms with van der Waals surface area (Å²) in [4.78, 5) is 12.1. The molecular weight excluding hydrogens is 324 g/mol. The Morgan fingerprint density at radius 1 is 1.12 bits per heavy atom. The second-order valence-corrected chi connectivity index (χ2v) is 5.69. The Balaban J connectivity index is 0.00000208. The number of halogens is 1. The molecule has 3 aromatic rings.